The summed E-state index contributed by atoms with van der Waals surface area (Å²) in [6.45, 7) is 8.92. The van der Waals surface area contributed by atoms with Gasteiger partial charge in [-0.15, -0.1) is 0 Å². The van der Waals surface area contributed by atoms with Gasteiger partial charge in [0.15, 0.2) is 0 Å². The highest BCUT2D eigenvalue weighted by atomic mass is 16.6. The molecule has 0 unspecified atom stereocenters. The Morgan fingerprint density at radius 1 is 1.48 bits per heavy atom. The lowest BCUT2D eigenvalue weighted by atomic mass is 10.0. The van der Waals surface area contributed by atoms with Crippen LogP contribution in [0.3, 0.4) is 0 Å². The van der Waals surface area contributed by atoms with E-state index in [9.17, 15) is 4.79 Å². The van der Waals surface area contributed by atoms with E-state index in [1.54, 1.807) is 7.11 Å². The fourth-order valence-electron chi connectivity index (χ4n) is 2.74. The first-order valence-corrected chi connectivity index (χ1v) is 7.40. The van der Waals surface area contributed by atoms with E-state index in [1.807, 2.05) is 25.2 Å². The predicted molar refractivity (Wildman–Crippen MR) is 81.9 cm³/mol. The molecule has 1 N–H and O–H groups in total. The van der Waals surface area contributed by atoms with Gasteiger partial charge in [-0.3, -0.25) is 0 Å². The molecule has 2 aliphatic heterocycles. The normalized spacial score (nSPS) is 27.0. The number of nitrogens with one attached hydrogen (secondary N) is 1. The zero-order chi connectivity index (χ0) is 15.2. The van der Waals surface area contributed by atoms with E-state index in [4.69, 9.17) is 9.47 Å². The molecule has 116 valence electrons. The molecule has 0 aromatic heterocycles. The first-order valence-electron chi connectivity index (χ1n) is 7.40. The predicted octanol–water partition coefficient (Wildman–Crippen LogP) is 2.22. The van der Waals surface area contributed by atoms with Gasteiger partial charge in [-0.1, -0.05) is 12.7 Å². The van der Waals surface area contributed by atoms with Crippen molar-refractivity contribution in [1.29, 1.82) is 0 Å². The Morgan fingerprint density at radius 3 is 2.81 bits per heavy atom. The molecule has 2 rings (SSSR count). The van der Waals surface area contributed by atoms with Gasteiger partial charge in [0.2, 0.25) is 0 Å². The number of methoxy groups -OCH3 is 1. The van der Waals surface area contributed by atoms with Gasteiger partial charge in [0.1, 0.15) is 11.9 Å². The second-order valence-electron chi connectivity index (χ2n) is 5.39. The lowest BCUT2D eigenvalue weighted by molar-refractivity contribution is 0.145. The smallest absolute Gasteiger partial charge is 0.408 e. The van der Waals surface area contributed by atoms with Gasteiger partial charge in [0.05, 0.1) is 13.2 Å². The lowest BCUT2D eigenvalue weighted by Crippen LogP contribution is -2.42. The van der Waals surface area contributed by atoms with Crippen LogP contribution in [0.25, 0.3) is 0 Å². The van der Waals surface area contributed by atoms with Gasteiger partial charge in [0.25, 0.3) is 0 Å². The molecule has 0 bridgehead atoms. The molecule has 2 saturated heterocycles. The Labute approximate surface area is 126 Å². The Bertz CT molecular complexity index is 450. The molecule has 5 heteroatoms. The summed E-state index contributed by atoms with van der Waals surface area (Å²) in [6, 6.07) is -0.0376. The maximum absolute atomic E-state index is 11.5. The van der Waals surface area contributed by atoms with Crippen molar-refractivity contribution in [2.75, 3.05) is 26.7 Å². The number of carbonyl (C=O) groups is 1. The number of rotatable bonds is 6. The van der Waals surface area contributed by atoms with Crippen LogP contribution in [-0.4, -0.2) is 49.9 Å². The summed E-state index contributed by atoms with van der Waals surface area (Å²) in [6.07, 6.45) is 7.32. The largest absolute Gasteiger partial charge is 0.497 e. The van der Waals surface area contributed by atoms with E-state index >= 15 is 0 Å². The third-order valence-corrected chi connectivity index (χ3v) is 3.90. The zero-order valence-electron chi connectivity index (χ0n) is 12.8. The summed E-state index contributed by atoms with van der Waals surface area (Å²) in [5, 5.41) is 2.88. The zero-order valence-corrected chi connectivity index (χ0v) is 12.8. The van der Waals surface area contributed by atoms with E-state index in [-0.39, 0.29) is 18.2 Å². The molecular formula is C16H24N2O3. The van der Waals surface area contributed by atoms with Gasteiger partial charge < -0.3 is 19.7 Å². The average Bonchev–Trinajstić information content (AvgIpc) is 3.10. The number of carbonyl (C=O) groups excluding carboxylic acids is 1. The third kappa shape index (κ3) is 4.11. The number of hydrogen-bond acceptors (Lipinski definition) is 4. The molecule has 1 amide bonds. The van der Waals surface area contributed by atoms with E-state index in [0.717, 1.165) is 31.0 Å². The van der Waals surface area contributed by atoms with Gasteiger partial charge in [0, 0.05) is 6.54 Å². The molecule has 2 fully saturated rings. The number of alkyl carbamates (subject to hydrolysis) is 1. The summed E-state index contributed by atoms with van der Waals surface area (Å²) in [5.74, 6) is 0.754. The first-order chi connectivity index (χ1) is 10.1. The van der Waals surface area contributed by atoms with Crippen molar-refractivity contribution in [3.05, 3.63) is 36.1 Å². The van der Waals surface area contributed by atoms with Crippen LogP contribution in [0.1, 0.15) is 19.8 Å². The first kappa shape index (κ1) is 15.6. The van der Waals surface area contributed by atoms with Crippen LogP contribution < -0.4 is 5.32 Å². The molecule has 0 aromatic rings. The molecule has 2 heterocycles. The number of likely N-dealkylation sites (tertiary alicyclic amines) is 1. The molecule has 0 saturated carbocycles. The van der Waals surface area contributed by atoms with Crippen LogP contribution in [0.2, 0.25) is 0 Å². The third-order valence-electron chi connectivity index (χ3n) is 3.90. The molecule has 0 aliphatic carbocycles. The minimum atomic E-state index is -0.364. The van der Waals surface area contributed by atoms with Crippen LogP contribution >= 0.6 is 0 Å². The summed E-state index contributed by atoms with van der Waals surface area (Å²) in [5.41, 5.74) is 0.772. The van der Waals surface area contributed by atoms with Crippen molar-refractivity contribution in [1.82, 2.24) is 10.2 Å². The Kier molecular flexibility index (Phi) is 5.44. The number of ether oxygens (including phenoxy) is 2. The van der Waals surface area contributed by atoms with E-state index in [2.05, 4.69) is 16.8 Å². The second kappa shape index (κ2) is 7.31. The Morgan fingerprint density at radius 2 is 2.19 bits per heavy atom. The van der Waals surface area contributed by atoms with Crippen LogP contribution in [0.15, 0.2) is 36.1 Å². The number of allylic oxidation sites excluding steroid dienone is 2. The van der Waals surface area contributed by atoms with Crippen molar-refractivity contribution in [3.8, 4) is 0 Å². The summed E-state index contributed by atoms with van der Waals surface area (Å²) < 4.78 is 10.5. The number of hydrogen-bond donors (Lipinski definition) is 1. The van der Waals surface area contributed by atoms with Crippen LogP contribution in [0, 0.1) is 0 Å². The monoisotopic (exact) mass is 292 g/mol. The highest BCUT2D eigenvalue weighted by Gasteiger charge is 2.36. The number of cyclic esters (lactones) is 1. The molecule has 2 atom stereocenters. The van der Waals surface area contributed by atoms with Gasteiger partial charge in [-0.25, -0.2) is 4.79 Å². The molecule has 5 nitrogen and oxygen atoms in total. The Balaban J connectivity index is 1.98. The summed E-state index contributed by atoms with van der Waals surface area (Å²) in [7, 11) is 1.62. The van der Waals surface area contributed by atoms with Crippen molar-refractivity contribution >= 4 is 6.09 Å². The highest BCUT2D eigenvalue weighted by Crippen LogP contribution is 2.20. The molecular weight excluding hydrogens is 268 g/mol. The van der Waals surface area contributed by atoms with Crippen molar-refractivity contribution in [2.24, 2.45) is 0 Å². The van der Waals surface area contributed by atoms with Crippen LogP contribution in [0.4, 0.5) is 4.79 Å². The minimum absolute atomic E-state index is 0.0376. The molecule has 0 radical (unpaired) electrons. The van der Waals surface area contributed by atoms with E-state index < -0.39 is 0 Å². The maximum atomic E-state index is 11.5. The summed E-state index contributed by atoms with van der Waals surface area (Å²) >= 11 is 0. The van der Waals surface area contributed by atoms with E-state index in [1.165, 1.54) is 12.8 Å². The van der Waals surface area contributed by atoms with Gasteiger partial charge >= 0.3 is 6.09 Å². The van der Waals surface area contributed by atoms with Crippen molar-refractivity contribution in [2.45, 2.75) is 31.9 Å². The van der Waals surface area contributed by atoms with Gasteiger partial charge in [-0.05, 0) is 50.6 Å². The number of amides is 1. The fourth-order valence-corrected chi connectivity index (χ4v) is 2.74. The molecule has 0 aromatic carbocycles. The standard InChI is InChI=1S/C16H24N2O3/c1-4-13(20-3)8-7-12(2)15-14(17-16(19)21-15)11-18-9-5-6-10-18/h4,7-8,14-15H,2,5-6,9-11H2,1,3H3,(H,17,19)/b8-7-,13-4+/t14-,15-/m1/s1. The van der Waals surface area contributed by atoms with Crippen molar-refractivity contribution in [3.63, 3.8) is 0 Å². The maximum Gasteiger partial charge on any atom is 0.408 e. The average molecular weight is 292 g/mol. The molecule has 21 heavy (non-hydrogen) atoms. The molecule has 0 spiro atoms. The summed E-state index contributed by atoms with van der Waals surface area (Å²) in [4.78, 5) is 13.9. The minimum Gasteiger partial charge on any atom is -0.497 e. The quantitative estimate of drug-likeness (QED) is 0.602. The fraction of sp³-hybridized carbons (Fsp3) is 0.562. The topological polar surface area (TPSA) is 50.8 Å². The highest BCUT2D eigenvalue weighted by molar-refractivity contribution is 5.71. The van der Waals surface area contributed by atoms with Crippen molar-refractivity contribution < 1.29 is 14.3 Å². The van der Waals surface area contributed by atoms with Gasteiger partial charge in [-0.2, -0.15) is 0 Å². The lowest BCUT2D eigenvalue weighted by Gasteiger charge is -2.23. The van der Waals surface area contributed by atoms with Crippen LogP contribution in [-0.2, 0) is 9.47 Å². The Hall–Kier alpha value is -1.75. The van der Waals surface area contributed by atoms with E-state index in [0.29, 0.717) is 0 Å². The molecule has 2 aliphatic rings. The van der Waals surface area contributed by atoms with Crippen LogP contribution in [0.5, 0.6) is 0 Å². The second-order valence-corrected chi connectivity index (χ2v) is 5.39. The number of nitrogens with zero attached hydrogens (tertiary/aromatic N) is 1. The SMILES string of the molecule is C=C(/C=C\C(=C/C)OC)[C@H]1OC(=O)N[C@@H]1CN1CCCC1.